The minimum Gasteiger partial charge on any atom is -0.489 e. The molecule has 0 fully saturated rings. The van der Waals surface area contributed by atoms with Crippen LogP contribution >= 0.6 is 0 Å². The number of amides is 2. The van der Waals surface area contributed by atoms with Crippen molar-refractivity contribution in [3.05, 3.63) is 24.3 Å². The second-order valence-corrected chi connectivity index (χ2v) is 2.83. The van der Waals surface area contributed by atoms with Gasteiger partial charge in [0.1, 0.15) is 12.4 Å². The molecule has 0 spiro atoms. The largest absolute Gasteiger partial charge is 0.489 e. The Hall–Kier alpha value is -1.75. The van der Waals surface area contributed by atoms with Gasteiger partial charge >= 0.3 is 6.03 Å². The van der Waals surface area contributed by atoms with E-state index in [1.165, 1.54) is 0 Å². The van der Waals surface area contributed by atoms with E-state index in [9.17, 15) is 4.79 Å². The number of anilines is 1. The van der Waals surface area contributed by atoms with Gasteiger partial charge in [-0.25, -0.2) is 4.79 Å². The highest BCUT2D eigenvalue weighted by Gasteiger charge is 2.03. The molecule has 1 aromatic carbocycles. The maximum absolute atomic E-state index is 10.7. The van der Waals surface area contributed by atoms with Gasteiger partial charge in [-0.2, -0.15) is 0 Å². The Bertz CT molecular complexity index is 328. The second kappa shape index (κ2) is 5.87. The molecule has 0 aliphatic rings. The first-order valence-electron chi connectivity index (χ1n) is 4.51. The maximum Gasteiger partial charge on any atom is 0.316 e. The Balaban J connectivity index is 2.64. The Labute approximate surface area is 88.2 Å². The predicted octanol–water partition coefficient (Wildman–Crippen LogP) is 1.20. The Morgan fingerprint density at radius 3 is 2.80 bits per heavy atom. The molecule has 1 rings (SSSR count). The first-order valence-corrected chi connectivity index (χ1v) is 4.51. The van der Waals surface area contributed by atoms with Crippen molar-refractivity contribution in [2.24, 2.45) is 5.73 Å². The van der Waals surface area contributed by atoms with E-state index >= 15 is 0 Å². The molecular weight excluding hydrogens is 196 g/mol. The van der Waals surface area contributed by atoms with Crippen LogP contribution in [0.15, 0.2) is 24.3 Å². The van der Waals surface area contributed by atoms with Gasteiger partial charge in [-0.1, -0.05) is 12.1 Å². The van der Waals surface area contributed by atoms with Crippen LogP contribution in [0.5, 0.6) is 5.75 Å². The maximum atomic E-state index is 10.7. The van der Waals surface area contributed by atoms with Gasteiger partial charge in [0, 0.05) is 7.11 Å². The molecule has 0 radical (unpaired) electrons. The first kappa shape index (κ1) is 11.3. The number of nitrogens with two attached hydrogens (primary N) is 1. The molecule has 0 saturated heterocycles. The van der Waals surface area contributed by atoms with E-state index in [2.05, 4.69) is 5.32 Å². The summed E-state index contributed by atoms with van der Waals surface area (Å²) >= 11 is 0. The number of benzene rings is 1. The average Bonchev–Trinajstić information content (AvgIpc) is 2.20. The minimum atomic E-state index is -0.613. The number of ether oxygens (including phenoxy) is 2. The van der Waals surface area contributed by atoms with Crippen molar-refractivity contribution < 1.29 is 14.3 Å². The van der Waals surface area contributed by atoms with Crippen LogP contribution in [0.4, 0.5) is 10.5 Å². The van der Waals surface area contributed by atoms with Gasteiger partial charge < -0.3 is 20.5 Å². The zero-order chi connectivity index (χ0) is 11.1. The number of rotatable bonds is 5. The minimum absolute atomic E-state index is 0.425. The van der Waals surface area contributed by atoms with Crippen molar-refractivity contribution in [1.82, 2.24) is 0 Å². The van der Waals surface area contributed by atoms with Crippen LogP contribution in [-0.2, 0) is 4.74 Å². The smallest absolute Gasteiger partial charge is 0.316 e. The first-order chi connectivity index (χ1) is 7.24. The molecule has 0 unspecified atom stereocenters. The summed E-state index contributed by atoms with van der Waals surface area (Å²) in [5.74, 6) is 0.577. The summed E-state index contributed by atoms with van der Waals surface area (Å²) in [7, 11) is 1.59. The summed E-state index contributed by atoms with van der Waals surface area (Å²) in [6, 6.07) is 6.45. The normalized spacial score (nSPS) is 9.67. The molecule has 0 aromatic heterocycles. The lowest BCUT2D eigenvalue weighted by molar-refractivity contribution is 0.146. The summed E-state index contributed by atoms with van der Waals surface area (Å²) in [4.78, 5) is 10.7. The highest BCUT2D eigenvalue weighted by molar-refractivity contribution is 5.89. The third kappa shape index (κ3) is 3.86. The van der Waals surface area contributed by atoms with E-state index in [1.54, 1.807) is 25.3 Å². The molecule has 0 aliphatic heterocycles. The standard InChI is InChI=1S/C10H14N2O3/c1-14-6-7-15-9-5-3-2-4-8(9)12-10(11)13/h2-5H,6-7H2,1H3,(H3,11,12,13). The van der Waals surface area contributed by atoms with Crippen molar-refractivity contribution in [2.75, 3.05) is 25.6 Å². The number of hydrogen-bond donors (Lipinski definition) is 2. The predicted molar refractivity (Wildman–Crippen MR) is 57.0 cm³/mol. The number of primary amides is 1. The van der Waals surface area contributed by atoms with Crippen LogP contribution in [0.2, 0.25) is 0 Å². The van der Waals surface area contributed by atoms with E-state index < -0.39 is 6.03 Å². The number of hydrogen-bond acceptors (Lipinski definition) is 3. The van der Waals surface area contributed by atoms with E-state index in [1.807, 2.05) is 6.07 Å². The molecule has 0 bridgehead atoms. The Morgan fingerprint density at radius 1 is 1.40 bits per heavy atom. The molecule has 15 heavy (non-hydrogen) atoms. The zero-order valence-electron chi connectivity index (χ0n) is 8.53. The molecule has 3 N–H and O–H groups in total. The monoisotopic (exact) mass is 210 g/mol. The van der Waals surface area contributed by atoms with Gasteiger partial charge in [0.05, 0.1) is 12.3 Å². The summed E-state index contributed by atoms with van der Waals surface area (Å²) in [5.41, 5.74) is 5.57. The molecule has 0 saturated carbocycles. The van der Waals surface area contributed by atoms with Crippen LogP contribution in [0.25, 0.3) is 0 Å². The van der Waals surface area contributed by atoms with E-state index in [-0.39, 0.29) is 0 Å². The topological polar surface area (TPSA) is 73.6 Å². The molecular formula is C10H14N2O3. The van der Waals surface area contributed by atoms with Gasteiger partial charge in [0.2, 0.25) is 0 Å². The van der Waals surface area contributed by atoms with Crippen molar-refractivity contribution >= 4 is 11.7 Å². The highest BCUT2D eigenvalue weighted by Crippen LogP contribution is 2.23. The van der Waals surface area contributed by atoms with Crippen LogP contribution < -0.4 is 15.8 Å². The zero-order valence-corrected chi connectivity index (χ0v) is 8.53. The van der Waals surface area contributed by atoms with Gasteiger partial charge in [-0.05, 0) is 12.1 Å². The lowest BCUT2D eigenvalue weighted by Gasteiger charge is -2.10. The van der Waals surface area contributed by atoms with Crippen LogP contribution in [0, 0.1) is 0 Å². The number of methoxy groups -OCH3 is 1. The molecule has 0 atom stereocenters. The number of urea groups is 1. The third-order valence-electron chi connectivity index (χ3n) is 1.69. The fourth-order valence-electron chi connectivity index (χ4n) is 1.06. The van der Waals surface area contributed by atoms with Crippen LogP contribution in [0.3, 0.4) is 0 Å². The van der Waals surface area contributed by atoms with Gasteiger partial charge in [0.25, 0.3) is 0 Å². The van der Waals surface area contributed by atoms with Crippen molar-refractivity contribution in [2.45, 2.75) is 0 Å². The lowest BCUT2D eigenvalue weighted by Crippen LogP contribution is -2.20. The van der Waals surface area contributed by atoms with Gasteiger partial charge in [-0.15, -0.1) is 0 Å². The highest BCUT2D eigenvalue weighted by atomic mass is 16.5. The van der Waals surface area contributed by atoms with E-state index in [0.717, 1.165) is 0 Å². The summed E-state index contributed by atoms with van der Waals surface area (Å²) < 4.78 is 10.2. The van der Waals surface area contributed by atoms with Gasteiger partial charge in [-0.3, -0.25) is 0 Å². The fourth-order valence-corrected chi connectivity index (χ4v) is 1.06. The molecule has 0 heterocycles. The van der Waals surface area contributed by atoms with Crippen molar-refractivity contribution in [3.63, 3.8) is 0 Å². The SMILES string of the molecule is COCCOc1ccccc1NC(N)=O. The van der Waals surface area contributed by atoms with Crippen molar-refractivity contribution in [3.8, 4) is 5.75 Å². The number of nitrogens with one attached hydrogen (secondary N) is 1. The fraction of sp³-hybridized carbons (Fsp3) is 0.300. The molecule has 1 aromatic rings. The summed E-state index contributed by atoms with van der Waals surface area (Å²) in [6.45, 7) is 0.916. The Kier molecular flexibility index (Phi) is 4.43. The molecule has 5 nitrogen and oxygen atoms in total. The Morgan fingerprint density at radius 2 is 2.13 bits per heavy atom. The molecule has 2 amide bonds. The molecule has 82 valence electrons. The number of carbonyl (C=O) groups is 1. The average molecular weight is 210 g/mol. The van der Waals surface area contributed by atoms with Crippen LogP contribution in [0.1, 0.15) is 0 Å². The van der Waals surface area contributed by atoms with Gasteiger partial charge in [0.15, 0.2) is 0 Å². The quantitative estimate of drug-likeness (QED) is 0.717. The summed E-state index contributed by atoms with van der Waals surface area (Å²) in [5, 5.41) is 2.47. The lowest BCUT2D eigenvalue weighted by atomic mass is 10.3. The third-order valence-corrected chi connectivity index (χ3v) is 1.69. The molecule has 5 heteroatoms. The van der Waals surface area contributed by atoms with E-state index in [0.29, 0.717) is 24.7 Å². The molecule has 0 aliphatic carbocycles. The van der Waals surface area contributed by atoms with Crippen molar-refractivity contribution in [1.29, 1.82) is 0 Å². The summed E-state index contributed by atoms with van der Waals surface area (Å²) in [6.07, 6.45) is 0. The number of carbonyl (C=O) groups excluding carboxylic acids is 1. The second-order valence-electron chi connectivity index (χ2n) is 2.83. The van der Waals surface area contributed by atoms with Crippen LogP contribution in [-0.4, -0.2) is 26.4 Å². The van der Waals surface area contributed by atoms with E-state index in [4.69, 9.17) is 15.2 Å². The number of para-hydroxylation sites is 2.